The fourth-order valence-corrected chi connectivity index (χ4v) is 4.63. The molecule has 2 N–H and O–H groups in total. The van der Waals surface area contributed by atoms with E-state index in [9.17, 15) is 9.59 Å². The van der Waals surface area contributed by atoms with Gasteiger partial charge in [-0.2, -0.15) is 0 Å². The molecule has 1 atom stereocenters. The minimum atomic E-state index is -0.325. The number of hydrogen-bond acceptors (Lipinski definition) is 5. The topological polar surface area (TPSA) is 88.9 Å². The third kappa shape index (κ3) is 7.55. The molecule has 0 saturated heterocycles. The van der Waals surface area contributed by atoms with E-state index in [2.05, 4.69) is 47.3 Å². The van der Waals surface area contributed by atoms with Crippen molar-refractivity contribution in [1.82, 2.24) is 20.1 Å². The molecule has 7 nitrogen and oxygen atoms in total. The van der Waals surface area contributed by atoms with E-state index in [1.807, 2.05) is 48.7 Å². The van der Waals surface area contributed by atoms with Crippen LogP contribution in [-0.2, 0) is 11.3 Å². The summed E-state index contributed by atoms with van der Waals surface area (Å²) in [5.41, 5.74) is 3.56. The van der Waals surface area contributed by atoms with Gasteiger partial charge < -0.3 is 15.2 Å². The van der Waals surface area contributed by atoms with Gasteiger partial charge in [-0.05, 0) is 61.6 Å². The van der Waals surface area contributed by atoms with E-state index in [4.69, 9.17) is 0 Å². The Morgan fingerprint density at radius 2 is 1.77 bits per heavy atom. The van der Waals surface area contributed by atoms with E-state index in [1.165, 1.54) is 11.8 Å². The molecule has 8 heteroatoms. The lowest BCUT2D eigenvalue weighted by Crippen LogP contribution is -2.31. The minimum Gasteiger partial charge on any atom is -0.342 e. The molecule has 1 aromatic heterocycles. The molecule has 0 fully saturated rings. The number of thioether (sulfide) groups is 1. The Morgan fingerprint density at radius 1 is 1.09 bits per heavy atom. The van der Waals surface area contributed by atoms with Crippen molar-refractivity contribution in [2.45, 2.75) is 51.9 Å². The van der Waals surface area contributed by atoms with Crippen molar-refractivity contribution in [2.75, 3.05) is 11.1 Å². The van der Waals surface area contributed by atoms with Gasteiger partial charge in [-0.25, -0.2) is 0 Å². The van der Waals surface area contributed by atoms with Crippen LogP contribution in [0.4, 0.5) is 5.69 Å². The molecule has 1 heterocycles. The third-order valence-corrected chi connectivity index (χ3v) is 6.22. The van der Waals surface area contributed by atoms with Crippen molar-refractivity contribution < 1.29 is 9.59 Å². The normalized spacial score (nSPS) is 11.8. The summed E-state index contributed by atoms with van der Waals surface area (Å²) in [4.78, 5) is 25.5. The number of aryl methyl sites for hydroxylation is 2. The van der Waals surface area contributed by atoms with Gasteiger partial charge in [-0.1, -0.05) is 56.0 Å². The highest BCUT2D eigenvalue weighted by atomic mass is 32.2. The molecule has 2 aromatic carbocycles. The molecule has 0 aliphatic rings. The van der Waals surface area contributed by atoms with Crippen LogP contribution in [0.25, 0.3) is 0 Å². The number of hydrogen-bond donors (Lipinski definition) is 2. The van der Waals surface area contributed by atoms with Gasteiger partial charge >= 0.3 is 0 Å². The van der Waals surface area contributed by atoms with E-state index < -0.39 is 0 Å². The van der Waals surface area contributed by atoms with Crippen molar-refractivity contribution in [2.24, 2.45) is 5.92 Å². The van der Waals surface area contributed by atoms with Crippen LogP contribution in [0, 0.1) is 19.8 Å². The van der Waals surface area contributed by atoms with Crippen molar-refractivity contribution in [3.05, 3.63) is 83.7 Å². The zero-order chi connectivity index (χ0) is 25.4. The average molecular weight is 492 g/mol. The molecule has 3 rings (SSSR count). The average Bonchev–Trinajstić information content (AvgIpc) is 3.19. The lowest BCUT2D eigenvalue weighted by Gasteiger charge is -2.21. The molecule has 1 unspecified atom stereocenters. The highest BCUT2D eigenvalue weighted by molar-refractivity contribution is 7.99. The molecule has 0 bridgehead atoms. The number of carbonyl (C=O) groups excluding carboxylic acids is 2. The molecular formula is C27H33N5O2S. The van der Waals surface area contributed by atoms with E-state index in [1.54, 1.807) is 18.2 Å². The van der Waals surface area contributed by atoms with Gasteiger partial charge in [0, 0.05) is 17.8 Å². The number of aromatic nitrogens is 3. The van der Waals surface area contributed by atoms with Crippen molar-refractivity contribution in [1.29, 1.82) is 0 Å². The summed E-state index contributed by atoms with van der Waals surface area (Å²) in [5.74, 6) is 0.884. The first-order valence-electron chi connectivity index (χ1n) is 11.7. The van der Waals surface area contributed by atoms with Crippen molar-refractivity contribution in [3.8, 4) is 0 Å². The van der Waals surface area contributed by atoms with Crippen LogP contribution in [0.3, 0.4) is 0 Å². The standard InChI is InChI=1S/C27H33N5O2S/c1-6-12-32-25(23(13-18(2)3)29-26(34)21-10-8-7-9-11-21)30-31-27(32)35-17-24(33)28-22-15-19(4)14-20(5)16-22/h6-11,14-16,18,23H,1,12-13,17H2,2-5H3,(H,28,33)(H,29,34). The Hall–Kier alpha value is -3.39. The molecular weight excluding hydrogens is 458 g/mol. The van der Waals surface area contributed by atoms with Crippen LogP contribution in [0.2, 0.25) is 0 Å². The Balaban J connectivity index is 1.76. The lowest BCUT2D eigenvalue weighted by atomic mass is 10.0. The second-order valence-electron chi connectivity index (χ2n) is 8.97. The number of anilines is 1. The van der Waals surface area contributed by atoms with E-state index in [0.29, 0.717) is 35.4 Å². The molecule has 3 aromatic rings. The number of amides is 2. The first kappa shape index (κ1) is 26.2. The van der Waals surface area contributed by atoms with Crippen LogP contribution in [0.15, 0.2) is 66.3 Å². The smallest absolute Gasteiger partial charge is 0.251 e. The molecule has 0 radical (unpaired) electrons. The molecule has 2 amide bonds. The van der Waals surface area contributed by atoms with Gasteiger partial charge in [0.05, 0.1) is 11.8 Å². The molecule has 0 aliphatic heterocycles. The van der Waals surface area contributed by atoms with Crippen LogP contribution >= 0.6 is 11.8 Å². The van der Waals surface area contributed by atoms with Gasteiger partial charge in [0.25, 0.3) is 5.91 Å². The van der Waals surface area contributed by atoms with Gasteiger partial charge in [-0.3, -0.25) is 9.59 Å². The second-order valence-corrected chi connectivity index (χ2v) is 9.92. The van der Waals surface area contributed by atoms with Crippen LogP contribution in [0.1, 0.15) is 53.6 Å². The third-order valence-electron chi connectivity index (χ3n) is 5.26. The Labute approximate surface area is 211 Å². The van der Waals surface area contributed by atoms with Gasteiger partial charge in [0.1, 0.15) is 0 Å². The monoisotopic (exact) mass is 491 g/mol. The second kappa shape index (κ2) is 12.4. The number of allylic oxidation sites excluding steroid dienone is 1. The van der Waals surface area contributed by atoms with E-state index >= 15 is 0 Å². The van der Waals surface area contributed by atoms with E-state index in [0.717, 1.165) is 16.8 Å². The number of carbonyl (C=O) groups is 2. The Bertz CT molecular complexity index is 1150. The first-order chi connectivity index (χ1) is 16.8. The maximum atomic E-state index is 12.9. The summed E-state index contributed by atoms with van der Waals surface area (Å²) in [6.07, 6.45) is 2.46. The summed E-state index contributed by atoms with van der Waals surface area (Å²) >= 11 is 1.31. The Morgan fingerprint density at radius 3 is 2.40 bits per heavy atom. The summed E-state index contributed by atoms with van der Waals surface area (Å²) in [5, 5.41) is 15.4. The predicted octanol–water partition coefficient (Wildman–Crippen LogP) is 5.33. The quantitative estimate of drug-likeness (QED) is 0.280. The highest BCUT2D eigenvalue weighted by Crippen LogP contribution is 2.26. The van der Waals surface area contributed by atoms with Crippen molar-refractivity contribution >= 4 is 29.3 Å². The van der Waals surface area contributed by atoms with Gasteiger partial charge in [0.2, 0.25) is 5.91 Å². The summed E-state index contributed by atoms with van der Waals surface area (Å²) < 4.78 is 1.92. The fourth-order valence-electron chi connectivity index (χ4n) is 3.87. The molecule has 0 aliphatic carbocycles. The lowest BCUT2D eigenvalue weighted by molar-refractivity contribution is -0.113. The van der Waals surface area contributed by atoms with Crippen LogP contribution < -0.4 is 10.6 Å². The maximum Gasteiger partial charge on any atom is 0.251 e. The predicted molar refractivity (Wildman–Crippen MR) is 142 cm³/mol. The zero-order valence-electron chi connectivity index (χ0n) is 20.7. The van der Waals surface area contributed by atoms with Crippen molar-refractivity contribution in [3.63, 3.8) is 0 Å². The first-order valence-corrected chi connectivity index (χ1v) is 12.7. The molecule has 35 heavy (non-hydrogen) atoms. The molecule has 0 saturated carbocycles. The number of rotatable bonds is 11. The van der Waals surface area contributed by atoms with Crippen LogP contribution in [0.5, 0.6) is 0 Å². The maximum absolute atomic E-state index is 12.9. The SMILES string of the molecule is C=CCn1c(SCC(=O)Nc2cc(C)cc(C)c2)nnc1C(CC(C)C)NC(=O)c1ccccc1. The highest BCUT2D eigenvalue weighted by Gasteiger charge is 2.24. The zero-order valence-corrected chi connectivity index (χ0v) is 21.6. The Kier molecular flexibility index (Phi) is 9.25. The summed E-state index contributed by atoms with van der Waals surface area (Å²) in [6, 6.07) is 14.7. The number of benzene rings is 2. The van der Waals surface area contributed by atoms with Gasteiger partial charge in [-0.15, -0.1) is 16.8 Å². The fraction of sp³-hybridized carbons (Fsp3) is 0.333. The van der Waals surface area contributed by atoms with Gasteiger partial charge in [0.15, 0.2) is 11.0 Å². The van der Waals surface area contributed by atoms with Crippen LogP contribution in [-0.4, -0.2) is 32.3 Å². The summed E-state index contributed by atoms with van der Waals surface area (Å²) in [6.45, 7) is 12.5. The largest absolute Gasteiger partial charge is 0.342 e. The molecule has 0 spiro atoms. The molecule has 184 valence electrons. The number of nitrogens with zero attached hydrogens (tertiary/aromatic N) is 3. The summed E-state index contributed by atoms with van der Waals surface area (Å²) in [7, 11) is 0. The van der Waals surface area contributed by atoms with E-state index in [-0.39, 0.29) is 23.6 Å². The number of nitrogens with one attached hydrogen (secondary N) is 2. The minimum absolute atomic E-state index is 0.120.